The van der Waals surface area contributed by atoms with Gasteiger partial charge in [-0.3, -0.25) is 9.59 Å². The molecule has 1 aliphatic heterocycles. The van der Waals surface area contributed by atoms with Crippen LogP contribution in [0.25, 0.3) is 5.69 Å². The highest BCUT2D eigenvalue weighted by atomic mass is 35.5. The second-order valence-electron chi connectivity index (χ2n) is 6.00. The molecule has 0 radical (unpaired) electrons. The monoisotopic (exact) mass is 361 g/mol. The van der Waals surface area contributed by atoms with Crippen molar-refractivity contribution < 1.29 is 4.79 Å². The highest BCUT2D eigenvalue weighted by molar-refractivity contribution is 6.33. The lowest BCUT2D eigenvalue weighted by Gasteiger charge is -2.36. The number of nitrogens with two attached hydrogens (primary N) is 1. The Morgan fingerprint density at radius 2 is 1.84 bits per heavy atom. The zero-order valence-electron chi connectivity index (χ0n) is 13.9. The van der Waals surface area contributed by atoms with Gasteiger partial charge in [0.25, 0.3) is 5.56 Å². The molecule has 0 saturated carbocycles. The zero-order chi connectivity index (χ0) is 18.0. The van der Waals surface area contributed by atoms with Crippen molar-refractivity contribution in [3.05, 3.63) is 51.9 Å². The smallest absolute Gasteiger partial charge is 0.292 e. The van der Waals surface area contributed by atoms with Crippen molar-refractivity contribution in [2.24, 2.45) is 5.73 Å². The lowest BCUT2D eigenvalue weighted by Crippen LogP contribution is -2.52. The molecule has 3 rings (SSSR count). The Labute approximate surface area is 150 Å². The van der Waals surface area contributed by atoms with Crippen LogP contribution < -0.4 is 16.2 Å². The van der Waals surface area contributed by atoms with Crippen molar-refractivity contribution in [2.45, 2.75) is 13.0 Å². The Bertz CT molecular complexity index is 814. The van der Waals surface area contributed by atoms with Gasteiger partial charge in [0, 0.05) is 26.2 Å². The predicted octanol–water partition coefficient (Wildman–Crippen LogP) is 0.882. The first-order valence-electron chi connectivity index (χ1n) is 8.11. The van der Waals surface area contributed by atoms with Crippen molar-refractivity contribution in [2.75, 3.05) is 31.1 Å². The van der Waals surface area contributed by atoms with E-state index in [0.29, 0.717) is 37.6 Å². The van der Waals surface area contributed by atoms with Crippen LogP contribution in [0.3, 0.4) is 0 Å². The number of halogens is 1. The fourth-order valence-electron chi connectivity index (χ4n) is 2.85. The van der Waals surface area contributed by atoms with E-state index >= 15 is 0 Å². The van der Waals surface area contributed by atoms with E-state index in [0.717, 1.165) is 0 Å². The summed E-state index contributed by atoms with van der Waals surface area (Å²) in [6, 6.07) is 8.62. The third-order valence-corrected chi connectivity index (χ3v) is 4.58. The largest absolute Gasteiger partial charge is 0.365 e. The average molecular weight is 362 g/mol. The van der Waals surface area contributed by atoms with E-state index in [1.807, 2.05) is 23.1 Å². The molecule has 0 aliphatic carbocycles. The molecule has 1 aromatic carbocycles. The van der Waals surface area contributed by atoms with Gasteiger partial charge in [-0.05, 0) is 19.1 Å². The first-order chi connectivity index (χ1) is 12.0. The van der Waals surface area contributed by atoms with Crippen LogP contribution in [-0.4, -0.2) is 52.8 Å². The third-order valence-electron chi connectivity index (χ3n) is 4.22. The van der Waals surface area contributed by atoms with Gasteiger partial charge in [0.15, 0.2) is 0 Å². The number of carbonyl (C=O) groups excluding carboxylic acids is 1. The van der Waals surface area contributed by atoms with Crippen LogP contribution in [0.1, 0.15) is 6.92 Å². The number of nitrogens with zero attached hydrogens (tertiary/aromatic N) is 4. The molecule has 0 bridgehead atoms. The molecule has 1 saturated heterocycles. The fraction of sp³-hybridized carbons (Fsp3) is 0.353. The standard InChI is InChI=1S/C17H20ClN5O2/c1-12(19)16(24)22-9-7-21(8-10-22)14-11-20-23(17(25)15(14)18)13-5-3-2-4-6-13/h2-6,11-12H,7-10,19H2,1H3/t12-/m1/s1. The third kappa shape index (κ3) is 3.52. The number of rotatable bonds is 3. The minimum absolute atomic E-state index is 0.0663. The topological polar surface area (TPSA) is 84.5 Å². The molecule has 2 aromatic rings. The van der Waals surface area contributed by atoms with Gasteiger partial charge < -0.3 is 15.5 Å². The molecule has 1 aromatic heterocycles. The van der Waals surface area contributed by atoms with Gasteiger partial charge in [-0.25, -0.2) is 0 Å². The maximum atomic E-state index is 12.6. The SMILES string of the molecule is C[C@@H](N)C(=O)N1CCN(c2cnn(-c3ccccc3)c(=O)c2Cl)CC1. The molecule has 132 valence electrons. The number of hydrogen-bond donors (Lipinski definition) is 1. The summed E-state index contributed by atoms with van der Waals surface area (Å²) in [6.45, 7) is 3.92. The minimum Gasteiger partial charge on any atom is -0.365 e. The zero-order valence-corrected chi connectivity index (χ0v) is 14.7. The first-order valence-corrected chi connectivity index (χ1v) is 8.49. The highest BCUT2D eigenvalue weighted by Gasteiger charge is 2.25. The lowest BCUT2D eigenvalue weighted by atomic mass is 10.2. The van der Waals surface area contributed by atoms with Crippen LogP contribution >= 0.6 is 11.6 Å². The molecule has 1 amide bonds. The second-order valence-corrected chi connectivity index (χ2v) is 6.38. The van der Waals surface area contributed by atoms with Gasteiger partial charge in [0.05, 0.1) is 23.6 Å². The lowest BCUT2D eigenvalue weighted by molar-refractivity contribution is -0.132. The van der Waals surface area contributed by atoms with Crippen LogP contribution in [0.5, 0.6) is 0 Å². The van der Waals surface area contributed by atoms with Crippen LogP contribution in [0.4, 0.5) is 5.69 Å². The summed E-state index contributed by atoms with van der Waals surface area (Å²) in [5, 5.41) is 4.37. The van der Waals surface area contributed by atoms with Crippen molar-refractivity contribution in [1.29, 1.82) is 0 Å². The average Bonchev–Trinajstić information content (AvgIpc) is 2.64. The van der Waals surface area contributed by atoms with E-state index in [9.17, 15) is 9.59 Å². The number of para-hydroxylation sites is 1. The van der Waals surface area contributed by atoms with Gasteiger partial charge >= 0.3 is 0 Å². The maximum absolute atomic E-state index is 12.6. The molecular weight excluding hydrogens is 342 g/mol. The highest BCUT2D eigenvalue weighted by Crippen LogP contribution is 2.23. The van der Waals surface area contributed by atoms with E-state index in [-0.39, 0.29) is 16.5 Å². The minimum atomic E-state index is -0.508. The van der Waals surface area contributed by atoms with Crippen LogP contribution in [-0.2, 0) is 4.79 Å². The van der Waals surface area contributed by atoms with Crippen LogP contribution in [0, 0.1) is 0 Å². The van der Waals surface area contributed by atoms with Crippen molar-refractivity contribution in [3.8, 4) is 5.69 Å². The van der Waals surface area contributed by atoms with Crippen LogP contribution in [0.2, 0.25) is 5.02 Å². The molecule has 2 heterocycles. The molecule has 1 fully saturated rings. The van der Waals surface area contributed by atoms with Gasteiger partial charge in [0.1, 0.15) is 5.02 Å². The summed E-state index contributed by atoms with van der Waals surface area (Å²) in [4.78, 5) is 28.2. The van der Waals surface area contributed by atoms with E-state index in [1.165, 1.54) is 4.68 Å². The Morgan fingerprint density at radius 3 is 2.44 bits per heavy atom. The van der Waals surface area contributed by atoms with E-state index in [4.69, 9.17) is 17.3 Å². The van der Waals surface area contributed by atoms with Crippen molar-refractivity contribution in [1.82, 2.24) is 14.7 Å². The number of benzene rings is 1. The normalized spacial score (nSPS) is 16.0. The Hall–Kier alpha value is -2.38. The molecule has 1 aliphatic rings. The first kappa shape index (κ1) is 17.4. The van der Waals surface area contributed by atoms with Gasteiger partial charge in [-0.2, -0.15) is 9.78 Å². The molecule has 25 heavy (non-hydrogen) atoms. The maximum Gasteiger partial charge on any atom is 0.292 e. The number of carbonyl (C=O) groups is 1. The molecule has 2 N–H and O–H groups in total. The van der Waals surface area contributed by atoms with E-state index in [2.05, 4.69) is 5.10 Å². The molecular formula is C17H20ClN5O2. The van der Waals surface area contributed by atoms with Crippen molar-refractivity contribution >= 4 is 23.2 Å². The summed E-state index contributed by atoms with van der Waals surface area (Å²) >= 11 is 6.32. The number of amides is 1. The predicted molar refractivity (Wildman–Crippen MR) is 97.3 cm³/mol. The number of piperazine rings is 1. The number of aromatic nitrogens is 2. The van der Waals surface area contributed by atoms with Gasteiger partial charge in [-0.15, -0.1) is 0 Å². The number of anilines is 1. The second kappa shape index (κ2) is 7.25. The quantitative estimate of drug-likeness (QED) is 0.877. The van der Waals surface area contributed by atoms with Crippen molar-refractivity contribution in [3.63, 3.8) is 0 Å². The number of hydrogen-bond acceptors (Lipinski definition) is 5. The molecule has 0 spiro atoms. The van der Waals surface area contributed by atoms with Gasteiger partial charge in [-0.1, -0.05) is 29.8 Å². The summed E-state index contributed by atoms with van der Waals surface area (Å²) in [5.74, 6) is -0.0663. The molecule has 1 atom stereocenters. The Morgan fingerprint density at radius 1 is 1.20 bits per heavy atom. The summed E-state index contributed by atoms with van der Waals surface area (Å²) in [5.41, 5.74) is 6.54. The summed E-state index contributed by atoms with van der Waals surface area (Å²) in [7, 11) is 0. The molecule has 8 heteroatoms. The van der Waals surface area contributed by atoms with Crippen LogP contribution in [0.15, 0.2) is 41.3 Å². The Balaban J connectivity index is 1.80. The van der Waals surface area contributed by atoms with E-state index in [1.54, 1.807) is 30.2 Å². The Kier molecular flexibility index (Phi) is 5.06. The van der Waals surface area contributed by atoms with Gasteiger partial charge in [0.2, 0.25) is 5.91 Å². The summed E-state index contributed by atoms with van der Waals surface area (Å²) in [6.07, 6.45) is 1.60. The molecule has 0 unspecified atom stereocenters. The molecule has 7 nitrogen and oxygen atoms in total. The van der Waals surface area contributed by atoms with E-state index < -0.39 is 6.04 Å². The fourth-order valence-corrected chi connectivity index (χ4v) is 3.10. The summed E-state index contributed by atoms with van der Waals surface area (Å²) < 4.78 is 1.28.